The van der Waals surface area contributed by atoms with Gasteiger partial charge in [0.25, 0.3) is 5.91 Å². The third-order valence-electron chi connectivity index (χ3n) is 2.49. The fourth-order valence-electron chi connectivity index (χ4n) is 1.64. The molecule has 2 N–H and O–H groups in total. The number of aromatic carboxylic acids is 1. The number of rotatable bonds is 3. The topological polar surface area (TPSA) is 89.5 Å². The predicted molar refractivity (Wildman–Crippen MR) is 67.2 cm³/mol. The summed E-state index contributed by atoms with van der Waals surface area (Å²) in [5, 5.41) is 22.6. The van der Waals surface area contributed by atoms with Gasteiger partial charge in [0.05, 0.1) is 11.1 Å². The van der Waals surface area contributed by atoms with Crippen molar-refractivity contribution >= 4 is 17.6 Å². The molecule has 0 aliphatic rings. The van der Waals surface area contributed by atoms with Crippen LogP contribution in [-0.4, -0.2) is 17.0 Å². The fourth-order valence-corrected chi connectivity index (χ4v) is 1.64. The van der Waals surface area contributed by atoms with Crippen LogP contribution in [0.15, 0.2) is 48.5 Å². The molecule has 1 amide bonds. The number of carbonyl (C=O) groups excluding carboxylic acids is 1. The Labute approximate surface area is 109 Å². The lowest BCUT2D eigenvalue weighted by molar-refractivity contribution is -0.268. The molecule has 2 aromatic rings. The van der Waals surface area contributed by atoms with Crippen LogP contribution < -0.4 is 10.4 Å². The molecule has 0 atom stereocenters. The molecule has 0 aliphatic heterocycles. The maximum absolute atomic E-state index is 12.0. The Morgan fingerprint density at radius 2 is 1.68 bits per heavy atom. The summed E-state index contributed by atoms with van der Waals surface area (Å²) >= 11 is 0. The molecule has 0 saturated carbocycles. The van der Waals surface area contributed by atoms with Crippen molar-refractivity contribution in [3.63, 3.8) is 0 Å². The minimum Gasteiger partial charge on any atom is -0.872 e. The van der Waals surface area contributed by atoms with Gasteiger partial charge < -0.3 is 15.5 Å². The third-order valence-corrected chi connectivity index (χ3v) is 2.49. The Balaban J connectivity index is 2.28. The molecular weight excluding hydrogens is 246 g/mol. The van der Waals surface area contributed by atoms with Gasteiger partial charge in [0.15, 0.2) is 0 Å². The van der Waals surface area contributed by atoms with Crippen LogP contribution >= 0.6 is 0 Å². The molecule has 0 heterocycles. The molecule has 2 aromatic carbocycles. The summed E-state index contributed by atoms with van der Waals surface area (Å²) in [4.78, 5) is 23.0. The summed E-state index contributed by atoms with van der Waals surface area (Å²) in [5.41, 5.74) is 0.294. The molecule has 0 bridgehead atoms. The zero-order chi connectivity index (χ0) is 13.8. The zero-order valence-electron chi connectivity index (χ0n) is 9.79. The standard InChI is InChI=1S/C14H11NO4/c16-10-5-3-4-9(8-10)15-13(17)11-6-1-2-7-12(11)14(18)19/h1-8,16H,(H,15,17)(H,18,19)/p-1. The zero-order valence-corrected chi connectivity index (χ0v) is 9.79. The van der Waals surface area contributed by atoms with Crippen LogP contribution in [0.25, 0.3) is 0 Å². The van der Waals surface area contributed by atoms with E-state index in [1.165, 1.54) is 30.3 Å². The number of amides is 1. The Morgan fingerprint density at radius 1 is 1.00 bits per heavy atom. The average Bonchev–Trinajstić information content (AvgIpc) is 2.38. The van der Waals surface area contributed by atoms with E-state index < -0.39 is 11.9 Å². The first-order valence-corrected chi connectivity index (χ1v) is 5.48. The molecule has 0 saturated heterocycles. The van der Waals surface area contributed by atoms with Crippen molar-refractivity contribution in [3.05, 3.63) is 59.7 Å². The van der Waals surface area contributed by atoms with Crippen LogP contribution in [0.1, 0.15) is 20.7 Å². The van der Waals surface area contributed by atoms with Crippen LogP contribution in [0, 0.1) is 0 Å². The van der Waals surface area contributed by atoms with Crippen LogP contribution in [0.4, 0.5) is 5.69 Å². The van der Waals surface area contributed by atoms with E-state index in [0.29, 0.717) is 5.69 Å². The molecular formula is C14H10NO4-. The van der Waals surface area contributed by atoms with E-state index in [4.69, 9.17) is 5.11 Å². The van der Waals surface area contributed by atoms with Gasteiger partial charge in [-0.15, -0.1) is 5.75 Å². The smallest absolute Gasteiger partial charge is 0.336 e. The van der Waals surface area contributed by atoms with Crippen molar-refractivity contribution in [2.75, 3.05) is 5.32 Å². The SMILES string of the molecule is O=C(O)c1ccccc1C(=O)Nc1cccc([O-])c1. The van der Waals surface area contributed by atoms with E-state index in [9.17, 15) is 14.7 Å². The summed E-state index contributed by atoms with van der Waals surface area (Å²) in [6, 6.07) is 11.6. The van der Waals surface area contributed by atoms with Gasteiger partial charge in [-0.2, -0.15) is 0 Å². The van der Waals surface area contributed by atoms with Gasteiger partial charge in [-0.3, -0.25) is 4.79 Å². The maximum Gasteiger partial charge on any atom is 0.336 e. The summed E-state index contributed by atoms with van der Waals surface area (Å²) in [7, 11) is 0. The highest BCUT2D eigenvalue weighted by molar-refractivity contribution is 6.10. The van der Waals surface area contributed by atoms with E-state index in [0.717, 1.165) is 0 Å². The second kappa shape index (κ2) is 5.22. The van der Waals surface area contributed by atoms with Gasteiger partial charge in [-0.05, 0) is 24.3 Å². The molecule has 2 rings (SSSR count). The lowest BCUT2D eigenvalue weighted by atomic mass is 10.1. The molecule has 0 radical (unpaired) electrons. The number of carboxylic acids is 1. The molecule has 5 heteroatoms. The van der Waals surface area contributed by atoms with Gasteiger partial charge in [-0.1, -0.05) is 24.3 Å². The first-order chi connectivity index (χ1) is 9.08. The summed E-state index contributed by atoms with van der Waals surface area (Å²) < 4.78 is 0. The molecule has 0 spiro atoms. The number of carboxylic acid groups (broad SMARTS) is 1. The number of anilines is 1. The first-order valence-electron chi connectivity index (χ1n) is 5.48. The van der Waals surface area contributed by atoms with Crippen molar-refractivity contribution in [3.8, 4) is 5.75 Å². The van der Waals surface area contributed by atoms with Gasteiger partial charge in [0.1, 0.15) is 0 Å². The van der Waals surface area contributed by atoms with E-state index in [1.807, 2.05) is 0 Å². The van der Waals surface area contributed by atoms with Gasteiger partial charge in [0, 0.05) is 5.69 Å². The number of carbonyl (C=O) groups is 2. The van der Waals surface area contributed by atoms with Crippen molar-refractivity contribution in [1.82, 2.24) is 0 Å². The van der Waals surface area contributed by atoms with Crippen molar-refractivity contribution in [1.29, 1.82) is 0 Å². The second-order valence-electron chi connectivity index (χ2n) is 3.83. The molecule has 0 aliphatic carbocycles. The van der Waals surface area contributed by atoms with Crippen molar-refractivity contribution in [2.24, 2.45) is 0 Å². The van der Waals surface area contributed by atoms with Gasteiger partial charge in [0.2, 0.25) is 0 Å². The van der Waals surface area contributed by atoms with Crippen LogP contribution in [-0.2, 0) is 0 Å². The summed E-state index contributed by atoms with van der Waals surface area (Å²) in [6.45, 7) is 0. The number of nitrogens with one attached hydrogen (secondary N) is 1. The molecule has 0 fully saturated rings. The van der Waals surface area contributed by atoms with Gasteiger partial charge in [-0.25, -0.2) is 4.79 Å². The number of hydrogen-bond acceptors (Lipinski definition) is 3. The monoisotopic (exact) mass is 256 g/mol. The lowest BCUT2D eigenvalue weighted by Crippen LogP contribution is -2.16. The maximum atomic E-state index is 12.0. The molecule has 0 aromatic heterocycles. The Bertz CT molecular complexity index is 637. The van der Waals surface area contributed by atoms with E-state index in [-0.39, 0.29) is 16.9 Å². The van der Waals surface area contributed by atoms with E-state index in [1.54, 1.807) is 18.2 Å². The first kappa shape index (κ1) is 12.6. The quantitative estimate of drug-likeness (QED) is 0.874. The molecule has 5 nitrogen and oxygen atoms in total. The van der Waals surface area contributed by atoms with Crippen LogP contribution in [0.5, 0.6) is 5.75 Å². The highest BCUT2D eigenvalue weighted by Crippen LogP contribution is 2.16. The predicted octanol–water partition coefficient (Wildman–Crippen LogP) is 1.71. The van der Waals surface area contributed by atoms with E-state index in [2.05, 4.69) is 5.32 Å². The van der Waals surface area contributed by atoms with Gasteiger partial charge >= 0.3 is 5.97 Å². The Morgan fingerprint density at radius 3 is 2.32 bits per heavy atom. The van der Waals surface area contributed by atoms with Crippen molar-refractivity contribution < 1.29 is 19.8 Å². The molecule has 0 unspecified atom stereocenters. The molecule has 19 heavy (non-hydrogen) atoms. The largest absolute Gasteiger partial charge is 0.872 e. The summed E-state index contributed by atoms with van der Waals surface area (Å²) in [6.07, 6.45) is 0. The number of hydrogen-bond donors (Lipinski definition) is 2. The lowest BCUT2D eigenvalue weighted by Gasteiger charge is -2.10. The van der Waals surface area contributed by atoms with Crippen LogP contribution in [0.2, 0.25) is 0 Å². The minimum atomic E-state index is -1.18. The Kier molecular flexibility index (Phi) is 3.47. The minimum absolute atomic E-state index is 0.0475. The molecule has 96 valence electrons. The average molecular weight is 256 g/mol. The van der Waals surface area contributed by atoms with Crippen molar-refractivity contribution in [2.45, 2.75) is 0 Å². The highest BCUT2D eigenvalue weighted by atomic mass is 16.4. The fraction of sp³-hybridized carbons (Fsp3) is 0. The number of benzene rings is 2. The highest BCUT2D eigenvalue weighted by Gasteiger charge is 2.15. The normalized spacial score (nSPS) is 9.89. The van der Waals surface area contributed by atoms with Crippen LogP contribution in [0.3, 0.4) is 0 Å². The Hall–Kier alpha value is -2.82. The summed E-state index contributed by atoms with van der Waals surface area (Å²) in [5.74, 6) is -1.98. The third kappa shape index (κ3) is 2.90. The van der Waals surface area contributed by atoms with E-state index >= 15 is 0 Å². The second-order valence-corrected chi connectivity index (χ2v) is 3.83.